The number of nitrogens with one attached hydrogen (secondary N) is 1. The molecular formula is C22H24N4O2. The first-order chi connectivity index (χ1) is 13.6. The minimum atomic E-state index is -0.531. The number of H-pyrrole nitrogens is 1. The number of likely N-dealkylation sites (tertiary alicyclic amines) is 1. The fourth-order valence-electron chi connectivity index (χ4n) is 4.20. The lowest BCUT2D eigenvalue weighted by Crippen LogP contribution is -2.30. The summed E-state index contributed by atoms with van der Waals surface area (Å²) in [5, 5.41) is 18.6. The Morgan fingerprint density at radius 1 is 1.25 bits per heavy atom. The van der Waals surface area contributed by atoms with Crippen LogP contribution >= 0.6 is 0 Å². The van der Waals surface area contributed by atoms with E-state index in [-0.39, 0.29) is 11.8 Å². The molecule has 2 aliphatic rings. The van der Waals surface area contributed by atoms with Gasteiger partial charge in [0.15, 0.2) is 0 Å². The number of hydrogen-bond donors (Lipinski definition) is 2. The second-order valence-electron chi connectivity index (χ2n) is 8.17. The van der Waals surface area contributed by atoms with Crippen molar-refractivity contribution in [1.82, 2.24) is 20.1 Å². The molecule has 5 rings (SSSR count). The maximum atomic E-state index is 13.4. The number of amides is 1. The first-order valence-electron chi connectivity index (χ1n) is 9.96. The number of carbonyl (C=O) groups is 1. The van der Waals surface area contributed by atoms with Gasteiger partial charge in [-0.15, -0.1) is 0 Å². The van der Waals surface area contributed by atoms with Gasteiger partial charge in [0, 0.05) is 41.7 Å². The minimum absolute atomic E-state index is 0.00246. The average molecular weight is 376 g/mol. The number of para-hydroxylation sites is 1. The number of aryl methyl sites for hydroxylation is 1. The third-order valence-electron chi connectivity index (χ3n) is 5.89. The number of aromatic amines is 1. The molecule has 1 saturated carbocycles. The van der Waals surface area contributed by atoms with E-state index in [1.165, 1.54) is 0 Å². The Kier molecular flexibility index (Phi) is 4.16. The highest BCUT2D eigenvalue weighted by molar-refractivity contribution is 6.06. The summed E-state index contributed by atoms with van der Waals surface area (Å²) in [6, 6.07) is 11.8. The Labute approximate surface area is 163 Å². The van der Waals surface area contributed by atoms with Gasteiger partial charge in [-0.2, -0.15) is 5.10 Å². The van der Waals surface area contributed by atoms with Crippen LogP contribution in [-0.4, -0.2) is 50.3 Å². The Morgan fingerprint density at radius 3 is 2.82 bits per heavy atom. The van der Waals surface area contributed by atoms with Crippen LogP contribution < -0.4 is 0 Å². The number of aliphatic hydroxyl groups is 1. The van der Waals surface area contributed by atoms with Crippen molar-refractivity contribution in [2.75, 3.05) is 13.1 Å². The molecule has 0 radical (unpaired) electrons. The van der Waals surface area contributed by atoms with Gasteiger partial charge in [0.2, 0.25) is 0 Å². The Bertz CT molecular complexity index is 1040. The SMILES string of the molecule is Cc1cc(C[C@@H]2CN(C(=O)c3cc(C4CC4)nc4ccccc34)C[C@H]2O)n[nH]1. The normalized spacial score (nSPS) is 22.1. The topological polar surface area (TPSA) is 82.1 Å². The summed E-state index contributed by atoms with van der Waals surface area (Å²) in [7, 11) is 0. The number of nitrogens with zero attached hydrogens (tertiary/aromatic N) is 3. The van der Waals surface area contributed by atoms with Gasteiger partial charge in [0.1, 0.15) is 0 Å². The van der Waals surface area contributed by atoms with Crippen molar-refractivity contribution < 1.29 is 9.90 Å². The Hall–Kier alpha value is -2.73. The molecule has 3 heterocycles. The maximum absolute atomic E-state index is 13.4. The molecule has 0 spiro atoms. The molecule has 1 aliphatic heterocycles. The molecule has 28 heavy (non-hydrogen) atoms. The number of aliphatic hydroxyl groups excluding tert-OH is 1. The van der Waals surface area contributed by atoms with E-state index in [0.29, 0.717) is 31.0 Å². The number of fused-ring (bicyclic) bond motifs is 1. The molecule has 6 heteroatoms. The van der Waals surface area contributed by atoms with Crippen molar-refractivity contribution in [1.29, 1.82) is 0 Å². The standard InChI is InChI=1S/C22H24N4O2/c1-13-8-16(25-24-13)9-15-11-26(12-21(15)27)22(28)18-10-20(14-6-7-14)23-19-5-3-2-4-17(18)19/h2-5,8,10,14-15,21,27H,6-7,9,11-12H2,1H3,(H,24,25)/t15-,21-/m1/s1. The van der Waals surface area contributed by atoms with E-state index in [1.54, 1.807) is 4.90 Å². The van der Waals surface area contributed by atoms with E-state index in [9.17, 15) is 9.90 Å². The molecular weight excluding hydrogens is 352 g/mol. The van der Waals surface area contributed by atoms with Crippen LogP contribution in [0.2, 0.25) is 0 Å². The van der Waals surface area contributed by atoms with E-state index in [0.717, 1.165) is 40.8 Å². The summed E-state index contributed by atoms with van der Waals surface area (Å²) < 4.78 is 0. The van der Waals surface area contributed by atoms with Crippen LogP contribution in [0.15, 0.2) is 36.4 Å². The third-order valence-corrected chi connectivity index (χ3v) is 5.89. The summed E-state index contributed by atoms with van der Waals surface area (Å²) in [6.07, 6.45) is 2.43. The number of aromatic nitrogens is 3. The maximum Gasteiger partial charge on any atom is 0.254 e. The molecule has 2 fully saturated rings. The monoisotopic (exact) mass is 376 g/mol. The second-order valence-corrected chi connectivity index (χ2v) is 8.17. The lowest BCUT2D eigenvalue weighted by atomic mass is 10.00. The van der Waals surface area contributed by atoms with Gasteiger partial charge >= 0.3 is 0 Å². The number of rotatable bonds is 4. The minimum Gasteiger partial charge on any atom is -0.391 e. The zero-order valence-corrected chi connectivity index (χ0v) is 15.9. The van der Waals surface area contributed by atoms with Crippen LogP contribution in [0.3, 0.4) is 0 Å². The molecule has 1 aromatic carbocycles. The van der Waals surface area contributed by atoms with Gasteiger partial charge in [0.05, 0.1) is 22.9 Å². The van der Waals surface area contributed by atoms with E-state index in [4.69, 9.17) is 4.98 Å². The molecule has 0 unspecified atom stereocenters. The highest BCUT2D eigenvalue weighted by Gasteiger charge is 2.36. The molecule has 2 atom stereocenters. The summed E-state index contributed by atoms with van der Waals surface area (Å²) in [6.45, 7) is 2.87. The van der Waals surface area contributed by atoms with Gasteiger partial charge in [0.25, 0.3) is 5.91 Å². The molecule has 2 aromatic heterocycles. The third kappa shape index (κ3) is 3.18. The van der Waals surface area contributed by atoms with E-state index in [2.05, 4.69) is 10.2 Å². The van der Waals surface area contributed by atoms with Crippen molar-refractivity contribution in [2.24, 2.45) is 5.92 Å². The van der Waals surface area contributed by atoms with Crippen LogP contribution in [-0.2, 0) is 6.42 Å². The molecule has 3 aromatic rings. The number of pyridine rings is 1. The van der Waals surface area contributed by atoms with Crippen LogP contribution in [0, 0.1) is 12.8 Å². The fourth-order valence-corrected chi connectivity index (χ4v) is 4.20. The van der Waals surface area contributed by atoms with Crippen LogP contribution in [0.5, 0.6) is 0 Å². The zero-order valence-electron chi connectivity index (χ0n) is 15.9. The highest BCUT2D eigenvalue weighted by atomic mass is 16.3. The molecule has 6 nitrogen and oxygen atoms in total. The van der Waals surface area contributed by atoms with Crippen molar-refractivity contribution in [3.05, 3.63) is 59.0 Å². The number of carbonyl (C=O) groups excluding carboxylic acids is 1. The zero-order chi connectivity index (χ0) is 19.3. The smallest absolute Gasteiger partial charge is 0.254 e. The molecule has 2 N–H and O–H groups in total. The molecule has 1 saturated heterocycles. The number of benzene rings is 1. The van der Waals surface area contributed by atoms with Crippen molar-refractivity contribution in [2.45, 2.75) is 38.2 Å². The van der Waals surface area contributed by atoms with Crippen molar-refractivity contribution >= 4 is 16.8 Å². The molecule has 144 valence electrons. The number of β-amino-alcohol motifs (C(OH)–C–C–N with tert-alkyl or cyclic N) is 1. The van der Waals surface area contributed by atoms with Crippen molar-refractivity contribution in [3.63, 3.8) is 0 Å². The molecule has 1 aliphatic carbocycles. The van der Waals surface area contributed by atoms with Gasteiger partial charge in [-0.05, 0) is 44.4 Å². The quantitative estimate of drug-likeness (QED) is 0.734. The van der Waals surface area contributed by atoms with Gasteiger partial charge in [-0.1, -0.05) is 18.2 Å². The molecule has 0 bridgehead atoms. The molecule has 1 amide bonds. The predicted octanol–water partition coefficient (Wildman–Crippen LogP) is 2.82. The fraction of sp³-hybridized carbons (Fsp3) is 0.409. The van der Waals surface area contributed by atoms with Crippen LogP contribution in [0.25, 0.3) is 10.9 Å². The Morgan fingerprint density at radius 2 is 2.07 bits per heavy atom. The van der Waals surface area contributed by atoms with Gasteiger partial charge in [-0.25, -0.2) is 0 Å². The van der Waals surface area contributed by atoms with Crippen LogP contribution in [0.1, 0.15) is 46.2 Å². The van der Waals surface area contributed by atoms with Crippen LogP contribution in [0.4, 0.5) is 0 Å². The van der Waals surface area contributed by atoms with Gasteiger partial charge in [-0.3, -0.25) is 14.9 Å². The second kappa shape index (κ2) is 6.71. The summed E-state index contributed by atoms with van der Waals surface area (Å²) in [5.74, 6) is 0.471. The van der Waals surface area contributed by atoms with E-state index >= 15 is 0 Å². The summed E-state index contributed by atoms with van der Waals surface area (Å²) >= 11 is 0. The predicted molar refractivity (Wildman–Crippen MR) is 106 cm³/mol. The lowest BCUT2D eigenvalue weighted by molar-refractivity contribution is 0.0766. The Balaban J connectivity index is 1.42. The number of hydrogen-bond acceptors (Lipinski definition) is 4. The first-order valence-corrected chi connectivity index (χ1v) is 9.96. The largest absolute Gasteiger partial charge is 0.391 e. The first kappa shape index (κ1) is 17.4. The van der Waals surface area contributed by atoms with E-state index < -0.39 is 6.10 Å². The van der Waals surface area contributed by atoms with Gasteiger partial charge < -0.3 is 10.0 Å². The highest BCUT2D eigenvalue weighted by Crippen LogP contribution is 2.40. The van der Waals surface area contributed by atoms with E-state index in [1.807, 2.05) is 43.3 Å². The lowest BCUT2D eigenvalue weighted by Gasteiger charge is -2.18. The van der Waals surface area contributed by atoms with Crippen molar-refractivity contribution in [3.8, 4) is 0 Å². The average Bonchev–Trinajstić information content (AvgIpc) is 3.38. The summed E-state index contributed by atoms with van der Waals surface area (Å²) in [4.78, 5) is 19.9. The summed E-state index contributed by atoms with van der Waals surface area (Å²) in [5.41, 5.74) is 4.53.